The van der Waals surface area contributed by atoms with E-state index in [2.05, 4.69) is 84.1 Å². The molecule has 0 aliphatic carbocycles. The predicted octanol–water partition coefficient (Wildman–Crippen LogP) is 5.02. The summed E-state index contributed by atoms with van der Waals surface area (Å²) in [6.45, 7) is 4.25. The Hall–Kier alpha value is -2.13. The third-order valence-corrected chi connectivity index (χ3v) is 5.44. The minimum atomic E-state index is -0.199. The second kappa shape index (κ2) is 9.38. The number of nitrogens with one attached hydrogen (secondary N) is 2. The number of hydrazone groups is 1. The van der Waals surface area contributed by atoms with E-state index in [0.717, 1.165) is 36.4 Å². The molecule has 3 aromatic rings. The van der Waals surface area contributed by atoms with Gasteiger partial charge in [-0.05, 0) is 85.0 Å². The number of aromatic nitrogens is 1. The van der Waals surface area contributed by atoms with Crippen LogP contribution in [0.1, 0.15) is 17.0 Å². The van der Waals surface area contributed by atoms with Crippen molar-refractivity contribution in [3.63, 3.8) is 0 Å². The molecule has 0 fully saturated rings. The van der Waals surface area contributed by atoms with Gasteiger partial charge >= 0.3 is 0 Å². The Morgan fingerprint density at radius 3 is 2.64 bits per heavy atom. The van der Waals surface area contributed by atoms with E-state index >= 15 is 0 Å². The molecule has 2 aromatic carbocycles. The molecule has 0 saturated carbocycles. The maximum atomic E-state index is 12.0. The summed E-state index contributed by atoms with van der Waals surface area (Å²) in [5.41, 5.74) is 7.67. The monoisotopic (exact) mass is 550 g/mol. The fraction of sp³-hybridized carbons (Fsp3) is 0.143. The highest BCUT2D eigenvalue weighted by Crippen LogP contribution is 2.22. The van der Waals surface area contributed by atoms with Crippen molar-refractivity contribution in [2.45, 2.75) is 13.8 Å². The molecule has 0 saturated heterocycles. The summed E-state index contributed by atoms with van der Waals surface area (Å²) in [6.07, 6.45) is 1.68. The number of anilines is 1. The van der Waals surface area contributed by atoms with Gasteiger partial charge in [0.15, 0.2) is 0 Å². The highest BCUT2D eigenvalue weighted by Gasteiger charge is 2.09. The molecule has 0 bridgehead atoms. The standard InChI is InChI=1S/C21H20BrIN4O/c1-14-10-16(15(2)27(14)20-5-3-4-17(22)11-20)12-25-26-21(28)13-24-19-8-6-18(23)7-9-19/h3-12,24H,13H2,1-2H3,(H,26,28)/b25-12-. The van der Waals surface area contributed by atoms with Gasteiger partial charge in [-0.15, -0.1) is 0 Å². The molecular formula is C21H20BrIN4O. The van der Waals surface area contributed by atoms with E-state index in [-0.39, 0.29) is 12.5 Å². The highest BCUT2D eigenvalue weighted by molar-refractivity contribution is 14.1. The van der Waals surface area contributed by atoms with E-state index < -0.39 is 0 Å². The van der Waals surface area contributed by atoms with Crippen LogP contribution in [0, 0.1) is 17.4 Å². The van der Waals surface area contributed by atoms with Gasteiger partial charge in [0.1, 0.15) is 0 Å². The number of carbonyl (C=O) groups is 1. The summed E-state index contributed by atoms with van der Waals surface area (Å²) in [6, 6.07) is 18.0. The van der Waals surface area contributed by atoms with Gasteiger partial charge in [0.2, 0.25) is 0 Å². The first-order chi connectivity index (χ1) is 13.4. The Balaban J connectivity index is 1.62. The van der Waals surface area contributed by atoms with Gasteiger partial charge < -0.3 is 9.88 Å². The number of rotatable bonds is 6. The van der Waals surface area contributed by atoms with Crippen LogP contribution in [0.4, 0.5) is 5.69 Å². The Kier molecular flexibility index (Phi) is 6.90. The summed E-state index contributed by atoms with van der Waals surface area (Å²) in [5, 5.41) is 7.18. The number of hydrogen-bond acceptors (Lipinski definition) is 3. The molecule has 5 nitrogen and oxygen atoms in total. The van der Waals surface area contributed by atoms with Crippen LogP contribution in [0.2, 0.25) is 0 Å². The van der Waals surface area contributed by atoms with Crippen molar-refractivity contribution in [2.75, 3.05) is 11.9 Å². The lowest BCUT2D eigenvalue weighted by atomic mass is 10.2. The topological polar surface area (TPSA) is 58.4 Å². The number of nitrogens with zero attached hydrogens (tertiary/aromatic N) is 2. The molecule has 0 unspecified atom stereocenters. The van der Waals surface area contributed by atoms with E-state index in [1.54, 1.807) is 6.21 Å². The van der Waals surface area contributed by atoms with Crippen LogP contribution >= 0.6 is 38.5 Å². The van der Waals surface area contributed by atoms with Crippen molar-refractivity contribution in [1.82, 2.24) is 9.99 Å². The number of carbonyl (C=O) groups excluding carboxylic acids is 1. The normalized spacial score (nSPS) is 11.0. The molecule has 1 heterocycles. The van der Waals surface area contributed by atoms with Crippen molar-refractivity contribution in [2.24, 2.45) is 5.10 Å². The third-order valence-electron chi connectivity index (χ3n) is 4.23. The van der Waals surface area contributed by atoms with E-state index in [1.165, 1.54) is 0 Å². The fourth-order valence-corrected chi connectivity index (χ4v) is 3.64. The van der Waals surface area contributed by atoms with E-state index in [1.807, 2.05) is 43.3 Å². The number of halogens is 2. The van der Waals surface area contributed by atoms with Gasteiger partial charge in [0.25, 0.3) is 5.91 Å². The van der Waals surface area contributed by atoms with Crippen LogP contribution in [0.25, 0.3) is 5.69 Å². The lowest BCUT2D eigenvalue weighted by Crippen LogP contribution is -2.25. The molecular weight excluding hydrogens is 531 g/mol. The second-order valence-electron chi connectivity index (χ2n) is 6.30. The summed E-state index contributed by atoms with van der Waals surface area (Å²) >= 11 is 5.76. The van der Waals surface area contributed by atoms with Crippen LogP contribution in [0.3, 0.4) is 0 Å². The molecule has 1 aromatic heterocycles. The van der Waals surface area contributed by atoms with Gasteiger partial charge in [-0.25, -0.2) is 5.43 Å². The van der Waals surface area contributed by atoms with Crippen molar-refractivity contribution in [3.05, 3.63) is 79.6 Å². The molecule has 2 N–H and O–H groups in total. The lowest BCUT2D eigenvalue weighted by Gasteiger charge is -2.09. The van der Waals surface area contributed by atoms with Crippen molar-refractivity contribution < 1.29 is 4.79 Å². The molecule has 3 rings (SSSR count). The van der Waals surface area contributed by atoms with E-state index in [9.17, 15) is 4.79 Å². The summed E-state index contributed by atoms with van der Waals surface area (Å²) in [7, 11) is 0. The van der Waals surface area contributed by atoms with Crippen LogP contribution in [-0.4, -0.2) is 23.2 Å². The fourth-order valence-electron chi connectivity index (χ4n) is 2.89. The van der Waals surface area contributed by atoms with Crippen LogP contribution in [0.15, 0.2) is 64.2 Å². The number of benzene rings is 2. The zero-order valence-corrected chi connectivity index (χ0v) is 19.3. The molecule has 0 aliphatic heterocycles. The third kappa shape index (κ3) is 5.23. The maximum absolute atomic E-state index is 12.0. The van der Waals surface area contributed by atoms with Crippen molar-refractivity contribution in [1.29, 1.82) is 0 Å². The Bertz CT molecular complexity index is 1010. The predicted molar refractivity (Wildman–Crippen MR) is 126 cm³/mol. The number of amides is 1. The molecule has 7 heteroatoms. The molecule has 0 spiro atoms. The smallest absolute Gasteiger partial charge is 0.259 e. The molecule has 28 heavy (non-hydrogen) atoms. The Morgan fingerprint density at radius 2 is 1.93 bits per heavy atom. The summed E-state index contributed by atoms with van der Waals surface area (Å²) in [5.74, 6) is -0.199. The summed E-state index contributed by atoms with van der Waals surface area (Å²) < 4.78 is 4.34. The average molecular weight is 551 g/mol. The highest BCUT2D eigenvalue weighted by atomic mass is 127. The second-order valence-corrected chi connectivity index (χ2v) is 8.46. The van der Waals surface area contributed by atoms with Crippen LogP contribution < -0.4 is 10.7 Å². The SMILES string of the molecule is Cc1cc(/C=N\NC(=O)CNc2ccc(I)cc2)c(C)n1-c1cccc(Br)c1. The Labute approximate surface area is 186 Å². The largest absolute Gasteiger partial charge is 0.376 e. The van der Waals surface area contributed by atoms with E-state index in [4.69, 9.17) is 0 Å². The molecule has 0 aliphatic rings. The molecule has 1 amide bonds. The van der Waals surface area contributed by atoms with Gasteiger partial charge in [-0.2, -0.15) is 5.10 Å². The first kappa shape index (κ1) is 20.6. The maximum Gasteiger partial charge on any atom is 0.259 e. The minimum Gasteiger partial charge on any atom is -0.376 e. The first-order valence-corrected chi connectivity index (χ1v) is 10.6. The van der Waals surface area contributed by atoms with Gasteiger partial charge in [0, 0.05) is 36.4 Å². The minimum absolute atomic E-state index is 0.162. The molecule has 144 valence electrons. The van der Waals surface area contributed by atoms with Crippen LogP contribution in [-0.2, 0) is 4.79 Å². The molecule has 0 radical (unpaired) electrons. The molecule has 0 atom stereocenters. The van der Waals surface area contributed by atoms with Crippen LogP contribution in [0.5, 0.6) is 0 Å². The van der Waals surface area contributed by atoms with Gasteiger partial charge in [-0.3, -0.25) is 4.79 Å². The lowest BCUT2D eigenvalue weighted by molar-refractivity contribution is -0.119. The van der Waals surface area contributed by atoms with E-state index in [0.29, 0.717) is 0 Å². The van der Waals surface area contributed by atoms with Crippen molar-refractivity contribution in [3.8, 4) is 5.69 Å². The Morgan fingerprint density at radius 1 is 1.18 bits per heavy atom. The quantitative estimate of drug-likeness (QED) is 0.257. The number of hydrogen-bond donors (Lipinski definition) is 2. The van der Waals surface area contributed by atoms with Crippen molar-refractivity contribution >= 4 is 56.3 Å². The van der Waals surface area contributed by atoms with Gasteiger partial charge in [-0.1, -0.05) is 22.0 Å². The zero-order valence-electron chi connectivity index (χ0n) is 15.5. The average Bonchev–Trinajstić information content (AvgIpc) is 2.95. The zero-order chi connectivity index (χ0) is 20.1. The first-order valence-electron chi connectivity index (χ1n) is 8.70. The summed E-state index contributed by atoms with van der Waals surface area (Å²) in [4.78, 5) is 12.0. The van der Waals surface area contributed by atoms with Gasteiger partial charge in [0.05, 0.1) is 12.8 Å². The number of aryl methyl sites for hydroxylation is 1.